The van der Waals surface area contributed by atoms with Crippen LogP contribution in [0.25, 0.3) is 0 Å². The molecule has 1 aliphatic carbocycles. The van der Waals surface area contributed by atoms with Crippen LogP contribution in [0, 0.1) is 0 Å². The Hall–Kier alpha value is -0.780. The van der Waals surface area contributed by atoms with Crippen LogP contribution in [0.15, 0.2) is 16.6 Å². The van der Waals surface area contributed by atoms with Gasteiger partial charge in [-0.2, -0.15) is 0 Å². The van der Waals surface area contributed by atoms with E-state index in [1.165, 1.54) is 31.2 Å². The molecule has 0 spiro atoms. The Morgan fingerprint density at radius 2 is 1.78 bits per heavy atom. The highest BCUT2D eigenvalue weighted by Gasteiger charge is 2.34. The molecule has 2 heterocycles. The number of morpholine rings is 1. The lowest BCUT2D eigenvalue weighted by atomic mass is 9.90. The summed E-state index contributed by atoms with van der Waals surface area (Å²) in [6.45, 7) is 4.27. The fraction of sp³-hybridized carbons (Fsp3) is 0.667. The van der Waals surface area contributed by atoms with E-state index in [9.17, 15) is 0 Å². The van der Waals surface area contributed by atoms with Gasteiger partial charge < -0.3 is 14.2 Å². The third kappa shape index (κ3) is 3.37. The largest absolute Gasteiger partial charge is 0.490 e. The zero-order chi connectivity index (χ0) is 15.6. The number of hydrogen-bond acceptors (Lipinski definition) is 4. The van der Waals surface area contributed by atoms with Gasteiger partial charge in [0, 0.05) is 30.0 Å². The maximum Gasteiger partial charge on any atom is 0.162 e. The van der Waals surface area contributed by atoms with Crippen molar-refractivity contribution in [2.45, 2.75) is 50.8 Å². The van der Waals surface area contributed by atoms with E-state index in [0.717, 1.165) is 55.3 Å². The Bertz CT molecular complexity index is 563. The molecule has 3 aliphatic rings. The van der Waals surface area contributed by atoms with Crippen LogP contribution in [0.5, 0.6) is 11.5 Å². The fourth-order valence-electron chi connectivity index (χ4n) is 3.94. The molecule has 1 aromatic rings. The number of nitrogens with zero attached hydrogens (tertiary/aromatic N) is 1. The van der Waals surface area contributed by atoms with E-state index >= 15 is 0 Å². The highest BCUT2D eigenvalue weighted by molar-refractivity contribution is 9.10. The van der Waals surface area contributed by atoms with E-state index in [2.05, 4.69) is 33.0 Å². The van der Waals surface area contributed by atoms with Gasteiger partial charge in [0.25, 0.3) is 0 Å². The van der Waals surface area contributed by atoms with Crippen molar-refractivity contribution in [1.82, 2.24) is 4.90 Å². The SMILES string of the molecule is Brc1cc2c(cc1CN1CCOC3CCCCC31)OCCCO2. The Morgan fingerprint density at radius 3 is 2.65 bits per heavy atom. The molecule has 1 saturated heterocycles. The van der Waals surface area contributed by atoms with Gasteiger partial charge in [0.05, 0.1) is 25.9 Å². The Balaban J connectivity index is 1.54. The minimum Gasteiger partial charge on any atom is -0.490 e. The van der Waals surface area contributed by atoms with Crippen molar-refractivity contribution in [2.75, 3.05) is 26.4 Å². The van der Waals surface area contributed by atoms with Crippen LogP contribution in [0.2, 0.25) is 0 Å². The van der Waals surface area contributed by atoms with Crippen molar-refractivity contribution in [2.24, 2.45) is 0 Å². The molecule has 2 fully saturated rings. The second-order valence-corrected chi connectivity index (χ2v) is 7.53. The quantitative estimate of drug-likeness (QED) is 0.780. The minimum absolute atomic E-state index is 0.427. The summed E-state index contributed by atoms with van der Waals surface area (Å²) in [5.41, 5.74) is 1.28. The first-order valence-electron chi connectivity index (χ1n) is 8.75. The summed E-state index contributed by atoms with van der Waals surface area (Å²) < 4.78 is 18.7. The second kappa shape index (κ2) is 6.99. The molecule has 0 bridgehead atoms. The maximum absolute atomic E-state index is 5.99. The maximum atomic E-state index is 5.99. The number of rotatable bonds is 2. The Kier molecular flexibility index (Phi) is 4.78. The van der Waals surface area contributed by atoms with Crippen molar-refractivity contribution in [1.29, 1.82) is 0 Å². The molecule has 0 amide bonds. The normalized spacial score (nSPS) is 28.0. The third-order valence-corrected chi connectivity index (χ3v) is 5.88. The van der Waals surface area contributed by atoms with E-state index in [-0.39, 0.29) is 0 Å². The van der Waals surface area contributed by atoms with Gasteiger partial charge >= 0.3 is 0 Å². The van der Waals surface area contributed by atoms with Gasteiger partial charge in [-0.05, 0) is 30.5 Å². The zero-order valence-corrected chi connectivity index (χ0v) is 15.0. The van der Waals surface area contributed by atoms with E-state index < -0.39 is 0 Å². The Labute approximate surface area is 146 Å². The predicted molar refractivity (Wildman–Crippen MR) is 92.2 cm³/mol. The highest BCUT2D eigenvalue weighted by atomic mass is 79.9. The molecule has 4 rings (SSSR count). The summed E-state index contributed by atoms with van der Waals surface area (Å²) in [4.78, 5) is 2.59. The van der Waals surface area contributed by atoms with Gasteiger partial charge in [-0.3, -0.25) is 4.90 Å². The molecule has 4 nitrogen and oxygen atoms in total. The lowest BCUT2D eigenvalue weighted by Crippen LogP contribution is -2.52. The molecule has 1 aromatic carbocycles. The average Bonchev–Trinajstić information content (AvgIpc) is 2.80. The van der Waals surface area contributed by atoms with Crippen molar-refractivity contribution < 1.29 is 14.2 Å². The van der Waals surface area contributed by atoms with Gasteiger partial charge in [0.1, 0.15) is 0 Å². The van der Waals surface area contributed by atoms with Crippen molar-refractivity contribution in [3.05, 3.63) is 22.2 Å². The lowest BCUT2D eigenvalue weighted by Gasteiger charge is -2.44. The predicted octanol–water partition coefficient (Wildman–Crippen LogP) is 3.75. The van der Waals surface area contributed by atoms with Crippen LogP contribution < -0.4 is 9.47 Å². The molecular formula is C18H24BrNO3. The highest BCUT2D eigenvalue weighted by Crippen LogP contribution is 2.37. The number of ether oxygens (including phenoxy) is 3. The van der Waals surface area contributed by atoms with Crippen molar-refractivity contribution in [3.8, 4) is 11.5 Å². The van der Waals surface area contributed by atoms with Crippen molar-refractivity contribution in [3.63, 3.8) is 0 Å². The van der Waals surface area contributed by atoms with Crippen molar-refractivity contribution >= 4 is 15.9 Å². The minimum atomic E-state index is 0.427. The van der Waals surface area contributed by atoms with Crippen LogP contribution in [0.4, 0.5) is 0 Å². The van der Waals surface area contributed by atoms with E-state index in [1.54, 1.807) is 0 Å². The molecule has 0 N–H and O–H groups in total. The summed E-state index contributed by atoms with van der Waals surface area (Å²) >= 11 is 3.72. The smallest absolute Gasteiger partial charge is 0.162 e. The van der Waals surface area contributed by atoms with Gasteiger partial charge in [0.2, 0.25) is 0 Å². The lowest BCUT2D eigenvalue weighted by molar-refractivity contribution is -0.0911. The molecule has 5 heteroatoms. The summed E-state index contributed by atoms with van der Waals surface area (Å²) in [6, 6.07) is 4.78. The van der Waals surface area contributed by atoms with Gasteiger partial charge in [0.15, 0.2) is 11.5 Å². The molecule has 0 aromatic heterocycles. The Morgan fingerprint density at radius 1 is 1.00 bits per heavy atom. The van der Waals surface area contributed by atoms with E-state index in [1.807, 2.05) is 0 Å². The first-order valence-corrected chi connectivity index (χ1v) is 9.54. The van der Waals surface area contributed by atoms with E-state index in [4.69, 9.17) is 14.2 Å². The standard InChI is InChI=1S/C18H24BrNO3/c19-14-11-18-17(21-7-3-8-22-18)10-13(14)12-20-6-9-23-16-5-2-1-4-15(16)20/h10-11,15-16H,1-9,12H2. The second-order valence-electron chi connectivity index (χ2n) is 6.67. The molecule has 2 atom stereocenters. The van der Waals surface area contributed by atoms with Crippen LogP contribution in [0.1, 0.15) is 37.7 Å². The van der Waals surface area contributed by atoms with Crippen LogP contribution in [-0.4, -0.2) is 43.4 Å². The van der Waals surface area contributed by atoms with E-state index in [0.29, 0.717) is 12.1 Å². The summed E-state index contributed by atoms with van der Waals surface area (Å²) in [5.74, 6) is 1.74. The number of benzene rings is 1. The molecule has 23 heavy (non-hydrogen) atoms. The monoisotopic (exact) mass is 381 g/mol. The summed E-state index contributed by atoms with van der Waals surface area (Å²) in [5, 5.41) is 0. The van der Waals surface area contributed by atoms with Gasteiger partial charge in [-0.15, -0.1) is 0 Å². The first-order chi connectivity index (χ1) is 11.3. The molecular weight excluding hydrogens is 358 g/mol. The summed E-state index contributed by atoms with van der Waals surface area (Å²) in [7, 11) is 0. The van der Waals surface area contributed by atoms with Gasteiger partial charge in [-0.1, -0.05) is 28.8 Å². The molecule has 126 valence electrons. The first kappa shape index (κ1) is 15.7. The summed E-state index contributed by atoms with van der Waals surface area (Å²) in [6.07, 6.45) is 6.47. The molecule has 2 unspecified atom stereocenters. The number of hydrogen-bond donors (Lipinski definition) is 0. The third-order valence-electron chi connectivity index (χ3n) is 5.14. The van der Waals surface area contributed by atoms with Crippen LogP contribution in [0.3, 0.4) is 0 Å². The number of fused-ring (bicyclic) bond motifs is 2. The molecule has 1 saturated carbocycles. The molecule has 0 radical (unpaired) electrons. The van der Waals surface area contributed by atoms with Crippen LogP contribution in [-0.2, 0) is 11.3 Å². The fourth-order valence-corrected chi connectivity index (χ4v) is 4.39. The topological polar surface area (TPSA) is 30.9 Å². The average molecular weight is 382 g/mol. The number of halogens is 1. The molecule has 2 aliphatic heterocycles. The van der Waals surface area contributed by atoms with Crippen LogP contribution >= 0.6 is 15.9 Å². The zero-order valence-electron chi connectivity index (χ0n) is 13.4. The van der Waals surface area contributed by atoms with Gasteiger partial charge in [-0.25, -0.2) is 0 Å².